The zero-order valence-corrected chi connectivity index (χ0v) is 15.1. The SMILES string of the molecule is c1cnc(OC2CCOC3(C2)CN(Cc2ccc4ccccc4n2)C3)nc1. The van der Waals surface area contributed by atoms with Crippen LogP contribution in [-0.4, -0.2) is 51.3 Å². The highest BCUT2D eigenvalue weighted by Crippen LogP contribution is 2.36. The minimum atomic E-state index is -0.103. The maximum absolute atomic E-state index is 6.12. The van der Waals surface area contributed by atoms with Gasteiger partial charge in [0.15, 0.2) is 0 Å². The lowest BCUT2D eigenvalue weighted by atomic mass is 9.84. The van der Waals surface area contributed by atoms with Crippen LogP contribution in [-0.2, 0) is 11.3 Å². The first-order valence-corrected chi connectivity index (χ1v) is 9.43. The summed E-state index contributed by atoms with van der Waals surface area (Å²) >= 11 is 0. The summed E-state index contributed by atoms with van der Waals surface area (Å²) in [6.07, 6.45) is 5.29. The van der Waals surface area contributed by atoms with Crippen molar-refractivity contribution >= 4 is 10.9 Å². The third kappa shape index (κ3) is 3.50. The first-order chi connectivity index (χ1) is 13.3. The number of aromatic nitrogens is 3. The molecule has 138 valence electrons. The van der Waals surface area contributed by atoms with E-state index in [9.17, 15) is 0 Å². The zero-order valence-electron chi connectivity index (χ0n) is 15.1. The number of fused-ring (bicyclic) bond motifs is 1. The van der Waals surface area contributed by atoms with Crippen molar-refractivity contribution in [3.63, 3.8) is 0 Å². The molecule has 4 heterocycles. The van der Waals surface area contributed by atoms with E-state index in [1.54, 1.807) is 18.5 Å². The van der Waals surface area contributed by atoms with Crippen LogP contribution in [0.3, 0.4) is 0 Å². The van der Waals surface area contributed by atoms with E-state index in [1.165, 1.54) is 5.39 Å². The van der Waals surface area contributed by atoms with Gasteiger partial charge in [0.1, 0.15) is 6.10 Å². The molecule has 1 aromatic carbocycles. The third-order valence-electron chi connectivity index (χ3n) is 5.33. The molecule has 6 nitrogen and oxygen atoms in total. The first-order valence-electron chi connectivity index (χ1n) is 9.43. The maximum Gasteiger partial charge on any atom is 0.316 e. The lowest BCUT2D eigenvalue weighted by molar-refractivity contribution is -0.188. The molecule has 0 radical (unpaired) electrons. The van der Waals surface area contributed by atoms with Crippen LogP contribution in [0, 0.1) is 0 Å². The molecule has 2 aliphatic rings. The number of rotatable bonds is 4. The highest BCUT2D eigenvalue weighted by atomic mass is 16.5. The molecule has 2 fully saturated rings. The Hall–Kier alpha value is -2.57. The Morgan fingerprint density at radius 1 is 1.07 bits per heavy atom. The van der Waals surface area contributed by atoms with Gasteiger partial charge < -0.3 is 9.47 Å². The van der Waals surface area contributed by atoms with Gasteiger partial charge in [-0.05, 0) is 18.2 Å². The molecule has 6 heteroatoms. The second-order valence-electron chi connectivity index (χ2n) is 7.44. The number of para-hydroxylation sites is 1. The molecular formula is C21H22N4O2. The largest absolute Gasteiger partial charge is 0.460 e. The van der Waals surface area contributed by atoms with Crippen LogP contribution in [0.1, 0.15) is 18.5 Å². The van der Waals surface area contributed by atoms with E-state index in [4.69, 9.17) is 14.5 Å². The fraction of sp³-hybridized carbons (Fsp3) is 0.381. The number of nitrogens with zero attached hydrogens (tertiary/aromatic N) is 4. The molecule has 2 aromatic heterocycles. The number of likely N-dealkylation sites (tertiary alicyclic amines) is 1. The minimum absolute atomic E-state index is 0.103. The second kappa shape index (κ2) is 6.87. The van der Waals surface area contributed by atoms with Crippen molar-refractivity contribution in [2.24, 2.45) is 0 Å². The van der Waals surface area contributed by atoms with E-state index >= 15 is 0 Å². The first kappa shape index (κ1) is 16.6. The smallest absolute Gasteiger partial charge is 0.316 e. The van der Waals surface area contributed by atoms with Crippen molar-refractivity contribution in [1.82, 2.24) is 19.9 Å². The highest BCUT2D eigenvalue weighted by molar-refractivity contribution is 5.78. The van der Waals surface area contributed by atoms with Crippen LogP contribution in [0.25, 0.3) is 10.9 Å². The van der Waals surface area contributed by atoms with Crippen molar-refractivity contribution in [3.8, 4) is 6.01 Å². The van der Waals surface area contributed by atoms with Gasteiger partial charge in [0.2, 0.25) is 0 Å². The molecule has 0 saturated carbocycles. The van der Waals surface area contributed by atoms with Gasteiger partial charge in [0.05, 0.1) is 23.4 Å². The summed E-state index contributed by atoms with van der Waals surface area (Å²) in [7, 11) is 0. The highest BCUT2D eigenvalue weighted by Gasteiger charge is 2.48. The van der Waals surface area contributed by atoms with E-state index in [-0.39, 0.29) is 11.7 Å². The maximum atomic E-state index is 6.12. The van der Waals surface area contributed by atoms with Crippen LogP contribution in [0.4, 0.5) is 0 Å². The van der Waals surface area contributed by atoms with Gasteiger partial charge in [-0.3, -0.25) is 9.88 Å². The van der Waals surface area contributed by atoms with Gasteiger partial charge in [-0.25, -0.2) is 9.97 Å². The molecule has 0 N–H and O–H groups in total. The van der Waals surface area contributed by atoms with Crippen molar-refractivity contribution < 1.29 is 9.47 Å². The molecule has 1 spiro atoms. The lowest BCUT2D eigenvalue weighted by Crippen LogP contribution is -2.65. The quantitative estimate of drug-likeness (QED) is 0.711. The van der Waals surface area contributed by atoms with Gasteiger partial charge in [-0.1, -0.05) is 24.3 Å². The topological polar surface area (TPSA) is 60.4 Å². The molecule has 1 unspecified atom stereocenters. The number of pyridine rings is 1. The van der Waals surface area contributed by atoms with Gasteiger partial charge >= 0.3 is 6.01 Å². The van der Waals surface area contributed by atoms with Crippen LogP contribution in [0.15, 0.2) is 54.9 Å². The number of hydrogen-bond acceptors (Lipinski definition) is 6. The summed E-state index contributed by atoms with van der Waals surface area (Å²) in [4.78, 5) is 15.5. The Kier molecular flexibility index (Phi) is 4.22. The number of ether oxygens (including phenoxy) is 2. The van der Waals surface area contributed by atoms with Crippen molar-refractivity contribution in [3.05, 3.63) is 60.6 Å². The van der Waals surface area contributed by atoms with Crippen LogP contribution >= 0.6 is 0 Å². The van der Waals surface area contributed by atoms with Crippen LogP contribution in [0.5, 0.6) is 6.01 Å². The summed E-state index contributed by atoms with van der Waals surface area (Å²) in [5, 5.41) is 1.18. The zero-order chi connectivity index (χ0) is 18.1. The van der Waals surface area contributed by atoms with Gasteiger partial charge in [-0.15, -0.1) is 0 Å². The Labute approximate surface area is 158 Å². The van der Waals surface area contributed by atoms with E-state index in [2.05, 4.69) is 39.1 Å². The predicted molar refractivity (Wildman–Crippen MR) is 101 cm³/mol. The Morgan fingerprint density at radius 3 is 2.81 bits per heavy atom. The normalized spacial score (nSPS) is 21.9. The van der Waals surface area contributed by atoms with E-state index in [0.717, 1.165) is 50.3 Å². The molecule has 5 rings (SSSR count). The number of benzene rings is 1. The molecule has 0 amide bonds. The summed E-state index contributed by atoms with van der Waals surface area (Å²) in [6.45, 7) is 3.40. The van der Waals surface area contributed by atoms with E-state index < -0.39 is 0 Å². The van der Waals surface area contributed by atoms with Gasteiger partial charge in [0, 0.05) is 50.3 Å². The van der Waals surface area contributed by atoms with Crippen LogP contribution in [0.2, 0.25) is 0 Å². The van der Waals surface area contributed by atoms with Crippen molar-refractivity contribution in [2.45, 2.75) is 31.1 Å². The summed E-state index contributed by atoms with van der Waals surface area (Å²) in [5.41, 5.74) is 2.05. The predicted octanol–water partition coefficient (Wildman–Crippen LogP) is 2.84. The molecule has 0 bridgehead atoms. The molecule has 3 aromatic rings. The molecular weight excluding hydrogens is 340 g/mol. The average Bonchev–Trinajstić information content (AvgIpc) is 2.68. The lowest BCUT2D eigenvalue weighted by Gasteiger charge is -2.52. The molecule has 0 aliphatic carbocycles. The van der Waals surface area contributed by atoms with E-state index in [1.807, 2.05) is 12.1 Å². The monoisotopic (exact) mass is 362 g/mol. The Morgan fingerprint density at radius 2 is 1.93 bits per heavy atom. The molecule has 2 saturated heterocycles. The van der Waals surface area contributed by atoms with Crippen molar-refractivity contribution in [2.75, 3.05) is 19.7 Å². The molecule has 27 heavy (non-hydrogen) atoms. The Balaban J connectivity index is 1.20. The second-order valence-corrected chi connectivity index (χ2v) is 7.44. The molecule has 2 aliphatic heterocycles. The number of hydrogen-bond donors (Lipinski definition) is 0. The van der Waals surface area contributed by atoms with Crippen LogP contribution < -0.4 is 4.74 Å². The summed E-state index contributed by atoms with van der Waals surface area (Å²) < 4.78 is 12.1. The summed E-state index contributed by atoms with van der Waals surface area (Å²) in [5.74, 6) is 0. The summed E-state index contributed by atoms with van der Waals surface area (Å²) in [6, 6.07) is 14.7. The van der Waals surface area contributed by atoms with Gasteiger partial charge in [0.25, 0.3) is 0 Å². The Bertz CT molecular complexity index is 928. The minimum Gasteiger partial charge on any atom is -0.460 e. The van der Waals surface area contributed by atoms with Crippen molar-refractivity contribution in [1.29, 1.82) is 0 Å². The fourth-order valence-electron chi connectivity index (χ4n) is 4.11. The third-order valence-corrected chi connectivity index (χ3v) is 5.33. The average molecular weight is 362 g/mol. The fourth-order valence-corrected chi connectivity index (χ4v) is 4.11. The standard InChI is InChI=1S/C21H22N4O2/c1-2-5-19-16(4-1)6-7-17(24-19)13-25-14-21(15-25)12-18(8-11-26-21)27-20-22-9-3-10-23-20/h1-7,9-10,18H,8,11-15H2. The molecule has 1 atom stereocenters. The van der Waals surface area contributed by atoms with Gasteiger partial charge in [-0.2, -0.15) is 0 Å². The van der Waals surface area contributed by atoms with E-state index in [0.29, 0.717) is 6.01 Å².